The van der Waals surface area contributed by atoms with Crippen molar-refractivity contribution < 1.29 is 4.42 Å². The zero-order valence-corrected chi connectivity index (χ0v) is 13.9. The summed E-state index contributed by atoms with van der Waals surface area (Å²) in [7, 11) is 0. The van der Waals surface area contributed by atoms with Crippen LogP contribution in [0.4, 0.5) is 0 Å². The summed E-state index contributed by atoms with van der Waals surface area (Å²) in [6.07, 6.45) is 2.73. The van der Waals surface area contributed by atoms with Gasteiger partial charge >= 0.3 is 5.76 Å². The molecule has 6 rings (SSSR count). The highest BCUT2D eigenvalue weighted by Gasteiger charge is 2.11. The molecule has 6 aromatic rings. The quantitative estimate of drug-likeness (QED) is 0.285. The van der Waals surface area contributed by atoms with Crippen LogP contribution in [-0.2, 0) is 0 Å². The Balaban J connectivity index is 0.000000215. The summed E-state index contributed by atoms with van der Waals surface area (Å²) in [6, 6.07) is 26.4. The lowest BCUT2D eigenvalue weighted by molar-refractivity contribution is 0.515. The fraction of sp³-hybridized carbons (Fsp3) is 0. The molecule has 0 aliphatic rings. The summed E-state index contributed by atoms with van der Waals surface area (Å²) in [5.41, 5.74) is 0. The first-order valence-corrected chi connectivity index (χ1v) is 8.49. The number of fused-ring (bicyclic) bond motifs is 3. The maximum absolute atomic E-state index is 9.85. The first-order valence-electron chi connectivity index (χ1n) is 8.49. The van der Waals surface area contributed by atoms with Gasteiger partial charge in [0.25, 0.3) is 0 Å². The molecule has 0 saturated heterocycles. The second-order valence-corrected chi connectivity index (χ2v) is 6.27. The lowest BCUT2D eigenvalue weighted by atomic mass is 9.89. The Bertz CT molecular complexity index is 1300. The predicted octanol–water partition coefficient (Wildman–Crippen LogP) is 5.71. The molecule has 5 aromatic carbocycles. The molecule has 1 N–H and O–H groups in total. The van der Waals surface area contributed by atoms with Crippen LogP contribution >= 0.6 is 0 Å². The number of hydrogen-bond donors (Lipinski definition) is 1. The second-order valence-electron chi connectivity index (χ2n) is 6.27. The van der Waals surface area contributed by atoms with Crippen LogP contribution in [0.2, 0.25) is 0 Å². The van der Waals surface area contributed by atoms with Gasteiger partial charge in [0, 0.05) is 6.20 Å². The summed E-state index contributed by atoms with van der Waals surface area (Å²) in [5.74, 6) is -0.407. The predicted molar refractivity (Wildman–Crippen MR) is 107 cm³/mol. The zero-order chi connectivity index (χ0) is 17.5. The number of oxazole rings is 1. The lowest BCUT2D eigenvalue weighted by Gasteiger charge is -2.14. The molecule has 124 valence electrons. The maximum atomic E-state index is 9.85. The first kappa shape index (κ1) is 14.7. The molecule has 0 amide bonds. The highest BCUT2D eigenvalue weighted by atomic mass is 16.4. The molecule has 0 unspecified atom stereocenters. The third-order valence-corrected chi connectivity index (χ3v) is 4.84. The third kappa shape index (κ3) is 2.18. The molecular formula is C23H15NO2. The van der Waals surface area contributed by atoms with E-state index >= 15 is 0 Å². The molecule has 0 bridgehead atoms. The van der Waals surface area contributed by atoms with Crippen molar-refractivity contribution in [2.24, 2.45) is 0 Å². The minimum Gasteiger partial charge on any atom is -0.417 e. The van der Waals surface area contributed by atoms with Gasteiger partial charge in [0.05, 0.1) is 0 Å². The largest absolute Gasteiger partial charge is 0.417 e. The van der Waals surface area contributed by atoms with Crippen molar-refractivity contribution in [1.29, 1.82) is 0 Å². The van der Waals surface area contributed by atoms with E-state index in [0.29, 0.717) is 0 Å². The Morgan fingerprint density at radius 1 is 0.615 bits per heavy atom. The minimum atomic E-state index is -0.407. The van der Waals surface area contributed by atoms with Crippen LogP contribution in [0.5, 0.6) is 0 Å². The average molecular weight is 337 g/mol. The summed E-state index contributed by atoms with van der Waals surface area (Å²) >= 11 is 0. The average Bonchev–Trinajstić information content (AvgIpc) is 3.18. The van der Waals surface area contributed by atoms with Gasteiger partial charge in [-0.3, -0.25) is 4.98 Å². The Hall–Kier alpha value is -3.59. The van der Waals surface area contributed by atoms with Crippen molar-refractivity contribution in [1.82, 2.24) is 4.98 Å². The number of rotatable bonds is 0. The smallest absolute Gasteiger partial charge is 0.416 e. The molecule has 26 heavy (non-hydrogen) atoms. The molecule has 1 heterocycles. The molecule has 0 spiro atoms. The SMILES string of the molecule is O=c1[nH]cco1.c1ccc2c(c1)c1cccc3ccc4cccc2c4c31. The third-order valence-electron chi connectivity index (χ3n) is 4.84. The molecule has 0 saturated carbocycles. The van der Waals surface area contributed by atoms with Crippen LogP contribution in [-0.4, -0.2) is 4.98 Å². The number of H-pyrrole nitrogens is 1. The van der Waals surface area contributed by atoms with Crippen LogP contribution in [0.3, 0.4) is 0 Å². The van der Waals surface area contributed by atoms with Gasteiger partial charge < -0.3 is 4.42 Å². The van der Waals surface area contributed by atoms with Crippen molar-refractivity contribution in [3.63, 3.8) is 0 Å². The molecule has 0 fully saturated rings. The van der Waals surface area contributed by atoms with E-state index in [-0.39, 0.29) is 0 Å². The van der Waals surface area contributed by atoms with Crippen LogP contribution in [0.15, 0.2) is 94.5 Å². The summed E-state index contributed by atoms with van der Waals surface area (Å²) in [6.45, 7) is 0. The molecule has 3 heteroatoms. The van der Waals surface area contributed by atoms with Crippen LogP contribution in [0.1, 0.15) is 0 Å². The molecule has 0 atom stereocenters. The van der Waals surface area contributed by atoms with Gasteiger partial charge in [0.2, 0.25) is 0 Å². The van der Waals surface area contributed by atoms with E-state index in [0.717, 1.165) is 0 Å². The molecular weight excluding hydrogens is 322 g/mol. The first-order chi connectivity index (χ1) is 12.8. The van der Waals surface area contributed by atoms with Gasteiger partial charge in [-0.15, -0.1) is 0 Å². The number of nitrogens with one attached hydrogen (secondary N) is 1. The van der Waals surface area contributed by atoms with E-state index < -0.39 is 5.76 Å². The zero-order valence-electron chi connectivity index (χ0n) is 13.9. The van der Waals surface area contributed by atoms with Gasteiger partial charge in [-0.25, -0.2) is 4.79 Å². The Labute approximate surface area is 148 Å². The van der Waals surface area contributed by atoms with Gasteiger partial charge in [-0.1, -0.05) is 72.8 Å². The second kappa shape index (κ2) is 5.74. The van der Waals surface area contributed by atoms with Gasteiger partial charge in [-0.05, 0) is 43.1 Å². The minimum absolute atomic E-state index is 0.407. The van der Waals surface area contributed by atoms with E-state index in [1.165, 1.54) is 55.5 Å². The van der Waals surface area contributed by atoms with Crippen LogP contribution in [0, 0.1) is 0 Å². The van der Waals surface area contributed by atoms with E-state index in [1.807, 2.05) is 0 Å². The van der Waals surface area contributed by atoms with Gasteiger partial charge in [0.1, 0.15) is 6.26 Å². The van der Waals surface area contributed by atoms with Gasteiger partial charge in [0.15, 0.2) is 0 Å². The van der Waals surface area contributed by atoms with E-state index in [2.05, 4.69) is 82.2 Å². The Kier molecular flexibility index (Phi) is 3.25. The van der Waals surface area contributed by atoms with Crippen LogP contribution < -0.4 is 5.76 Å². The van der Waals surface area contributed by atoms with Crippen molar-refractivity contribution in [3.8, 4) is 0 Å². The summed E-state index contributed by atoms with van der Waals surface area (Å²) < 4.78 is 4.22. The molecule has 0 aliphatic carbocycles. The normalized spacial score (nSPS) is 11.2. The number of aromatic amines is 1. The molecule has 1 aromatic heterocycles. The highest BCUT2D eigenvalue weighted by molar-refractivity contribution is 6.33. The number of aromatic nitrogens is 1. The molecule has 0 aliphatic heterocycles. The molecule has 0 radical (unpaired) electrons. The van der Waals surface area contributed by atoms with Crippen molar-refractivity contribution in [2.45, 2.75) is 0 Å². The van der Waals surface area contributed by atoms with E-state index in [9.17, 15) is 4.79 Å². The van der Waals surface area contributed by atoms with Crippen molar-refractivity contribution in [3.05, 3.63) is 95.8 Å². The highest BCUT2D eigenvalue weighted by Crippen LogP contribution is 2.40. The number of hydrogen-bond acceptors (Lipinski definition) is 2. The fourth-order valence-electron chi connectivity index (χ4n) is 3.79. The van der Waals surface area contributed by atoms with Crippen molar-refractivity contribution >= 4 is 43.1 Å². The lowest BCUT2D eigenvalue weighted by Crippen LogP contribution is -1.91. The van der Waals surface area contributed by atoms with Gasteiger partial charge in [-0.2, -0.15) is 0 Å². The Morgan fingerprint density at radius 3 is 1.58 bits per heavy atom. The Morgan fingerprint density at radius 2 is 1.15 bits per heavy atom. The standard InChI is InChI=1S/C20H12.C3H3NO2/c1-2-8-16-15(7-1)17-9-3-5-13-11-12-14-6-4-10-18(16)20(14)19(13)17;5-3-4-1-2-6-3/h1-12H;1-2H,(H,4,5). The fourth-order valence-corrected chi connectivity index (χ4v) is 3.79. The van der Waals surface area contributed by atoms with E-state index in [4.69, 9.17) is 0 Å². The number of benzene rings is 5. The monoisotopic (exact) mass is 337 g/mol. The van der Waals surface area contributed by atoms with Crippen LogP contribution in [0.25, 0.3) is 43.1 Å². The molecule has 3 nitrogen and oxygen atoms in total. The summed E-state index contributed by atoms with van der Waals surface area (Å²) in [4.78, 5) is 12.1. The topological polar surface area (TPSA) is 46.0 Å². The van der Waals surface area contributed by atoms with E-state index in [1.54, 1.807) is 0 Å². The van der Waals surface area contributed by atoms with Crippen molar-refractivity contribution in [2.75, 3.05) is 0 Å². The summed E-state index contributed by atoms with van der Waals surface area (Å²) in [5, 5.41) is 10.9. The maximum Gasteiger partial charge on any atom is 0.416 e.